The molecule has 0 saturated carbocycles. The van der Waals surface area contributed by atoms with Gasteiger partial charge in [0.1, 0.15) is 17.6 Å². The number of aromatic nitrogens is 2. The van der Waals surface area contributed by atoms with E-state index in [-0.39, 0.29) is 12.1 Å². The Morgan fingerprint density at radius 3 is 2.92 bits per heavy atom. The molecule has 3 rings (SSSR count). The van der Waals surface area contributed by atoms with Crippen molar-refractivity contribution >= 4 is 17.8 Å². The molecule has 1 aromatic heterocycles. The number of benzene rings is 1. The number of hydrogen-bond donors (Lipinski definition) is 1. The van der Waals surface area contributed by atoms with Crippen LogP contribution in [0.25, 0.3) is 0 Å². The minimum atomic E-state index is -0.362. The zero-order valence-electron chi connectivity index (χ0n) is 14.6. The van der Waals surface area contributed by atoms with E-state index in [1.165, 1.54) is 0 Å². The second kappa shape index (κ2) is 8.29. The van der Waals surface area contributed by atoms with Crippen molar-refractivity contribution in [3.8, 4) is 5.75 Å². The van der Waals surface area contributed by atoms with Crippen LogP contribution in [-0.4, -0.2) is 52.2 Å². The molecule has 0 spiro atoms. The molecule has 2 aromatic rings. The van der Waals surface area contributed by atoms with Gasteiger partial charge in [0.25, 0.3) is 0 Å². The molecule has 1 aromatic carbocycles. The van der Waals surface area contributed by atoms with E-state index >= 15 is 0 Å². The second-order valence-corrected chi connectivity index (χ2v) is 7.20. The van der Waals surface area contributed by atoms with Gasteiger partial charge in [-0.3, -0.25) is 0 Å². The van der Waals surface area contributed by atoms with Crippen molar-refractivity contribution in [3.63, 3.8) is 0 Å². The maximum absolute atomic E-state index is 12.9. The van der Waals surface area contributed by atoms with Gasteiger partial charge >= 0.3 is 6.03 Å². The minimum Gasteiger partial charge on any atom is -0.496 e. The summed E-state index contributed by atoms with van der Waals surface area (Å²) in [5.41, 5.74) is 0.900. The van der Waals surface area contributed by atoms with Crippen molar-refractivity contribution in [2.75, 3.05) is 31.7 Å². The molecular formula is C18H24N4O2S. The number of carbonyl (C=O) groups is 1. The summed E-state index contributed by atoms with van der Waals surface area (Å²) >= 11 is 1.90. The summed E-state index contributed by atoms with van der Waals surface area (Å²) in [5, 5.41) is 3.16. The zero-order chi connectivity index (χ0) is 17.6. The largest absolute Gasteiger partial charge is 0.496 e. The summed E-state index contributed by atoms with van der Waals surface area (Å²) in [5.74, 6) is 3.61. The second-order valence-electron chi connectivity index (χ2n) is 5.97. The van der Waals surface area contributed by atoms with Crippen LogP contribution in [0.3, 0.4) is 0 Å². The first-order valence-corrected chi connectivity index (χ1v) is 9.59. The van der Waals surface area contributed by atoms with Crippen LogP contribution < -0.4 is 10.1 Å². The number of thioether (sulfide) groups is 1. The van der Waals surface area contributed by atoms with Gasteiger partial charge < -0.3 is 19.5 Å². The molecule has 0 radical (unpaired) electrons. The van der Waals surface area contributed by atoms with Crippen LogP contribution >= 0.6 is 11.8 Å². The van der Waals surface area contributed by atoms with Crippen molar-refractivity contribution in [3.05, 3.63) is 48.0 Å². The lowest BCUT2D eigenvalue weighted by atomic mass is 10.0. The number of nitrogens with one attached hydrogen (secondary N) is 1. The Hall–Kier alpha value is -2.15. The van der Waals surface area contributed by atoms with Gasteiger partial charge in [-0.2, -0.15) is 11.8 Å². The molecule has 1 aliphatic heterocycles. The Labute approximate surface area is 152 Å². The van der Waals surface area contributed by atoms with Gasteiger partial charge in [-0.25, -0.2) is 9.78 Å². The number of nitrogens with zero attached hydrogens (tertiary/aromatic N) is 3. The summed E-state index contributed by atoms with van der Waals surface area (Å²) in [4.78, 5) is 19.2. The lowest BCUT2D eigenvalue weighted by Gasteiger charge is -2.26. The smallest absolute Gasteiger partial charge is 0.318 e. The number of ether oxygens (including phenoxy) is 1. The molecule has 0 bridgehead atoms. The van der Waals surface area contributed by atoms with Crippen LogP contribution in [0.1, 0.15) is 23.9 Å². The number of imidazole rings is 1. The number of methoxy groups -OCH3 is 1. The number of para-hydroxylation sites is 1. The van der Waals surface area contributed by atoms with Crippen LogP contribution in [0, 0.1) is 0 Å². The van der Waals surface area contributed by atoms with Crippen molar-refractivity contribution < 1.29 is 9.53 Å². The molecule has 134 valence electrons. The number of hydrogen-bond acceptors (Lipinski definition) is 4. The van der Waals surface area contributed by atoms with Gasteiger partial charge in [-0.05, 0) is 18.2 Å². The highest BCUT2D eigenvalue weighted by Crippen LogP contribution is 2.29. The summed E-state index contributed by atoms with van der Waals surface area (Å²) in [7, 11) is 3.57. The third-order valence-electron chi connectivity index (χ3n) is 4.34. The van der Waals surface area contributed by atoms with Crippen molar-refractivity contribution in [1.82, 2.24) is 19.8 Å². The molecule has 1 unspecified atom stereocenters. The molecule has 6 nitrogen and oxygen atoms in total. The van der Waals surface area contributed by atoms with E-state index in [0.717, 1.165) is 48.2 Å². The fourth-order valence-corrected chi connectivity index (χ4v) is 3.89. The maximum Gasteiger partial charge on any atom is 0.318 e. The average Bonchev–Trinajstić information content (AvgIpc) is 2.88. The average molecular weight is 360 g/mol. The molecule has 25 heavy (non-hydrogen) atoms. The molecule has 1 atom stereocenters. The highest BCUT2D eigenvalue weighted by atomic mass is 32.2. The highest BCUT2D eigenvalue weighted by Gasteiger charge is 2.26. The maximum atomic E-state index is 12.9. The summed E-state index contributed by atoms with van der Waals surface area (Å²) in [6, 6.07) is 7.33. The molecule has 1 aliphatic rings. The topological polar surface area (TPSA) is 59.4 Å². The SMILES string of the molecule is COc1ccccc1C(NC(=O)N1CCCSCC1)c1nccn1C. The van der Waals surface area contributed by atoms with E-state index in [1.807, 2.05) is 58.7 Å². The quantitative estimate of drug-likeness (QED) is 0.911. The van der Waals surface area contributed by atoms with Gasteiger partial charge in [-0.1, -0.05) is 18.2 Å². The van der Waals surface area contributed by atoms with E-state index in [4.69, 9.17) is 4.74 Å². The van der Waals surface area contributed by atoms with Crippen LogP contribution in [0.5, 0.6) is 5.75 Å². The first-order valence-electron chi connectivity index (χ1n) is 8.44. The molecule has 1 N–H and O–H groups in total. The summed E-state index contributed by atoms with van der Waals surface area (Å²) < 4.78 is 7.43. The number of rotatable bonds is 4. The predicted octanol–water partition coefficient (Wildman–Crippen LogP) is 2.67. The lowest BCUT2D eigenvalue weighted by molar-refractivity contribution is 0.198. The van der Waals surface area contributed by atoms with Crippen molar-refractivity contribution in [2.45, 2.75) is 12.5 Å². The molecule has 1 saturated heterocycles. The Morgan fingerprint density at radius 2 is 2.16 bits per heavy atom. The fraction of sp³-hybridized carbons (Fsp3) is 0.444. The summed E-state index contributed by atoms with van der Waals surface area (Å²) in [6.45, 7) is 1.56. The molecule has 2 heterocycles. The molecular weight excluding hydrogens is 336 g/mol. The zero-order valence-corrected chi connectivity index (χ0v) is 15.5. The normalized spacial score (nSPS) is 16.2. The van der Waals surface area contributed by atoms with E-state index in [9.17, 15) is 4.79 Å². The Balaban J connectivity index is 1.89. The predicted molar refractivity (Wildman–Crippen MR) is 100 cm³/mol. The van der Waals surface area contributed by atoms with Gasteiger partial charge in [-0.15, -0.1) is 0 Å². The van der Waals surface area contributed by atoms with Gasteiger partial charge in [0.15, 0.2) is 0 Å². The van der Waals surface area contributed by atoms with Gasteiger partial charge in [0, 0.05) is 43.8 Å². The first-order chi connectivity index (χ1) is 12.2. The molecule has 2 amide bonds. The number of urea groups is 1. The van der Waals surface area contributed by atoms with Crippen molar-refractivity contribution in [2.24, 2.45) is 7.05 Å². The Kier molecular flexibility index (Phi) is 5.86. The van der Waals surface area contributed by atoms with Gasteiger partial charge in [0.05, 0.1) is 7.11 Å². The standard InChI is InChI=1S/C18H24N4O2S/c1-21-10-8-19-17(21)16(14-6-3-4-7-15(14)24-2)20-18(23)22-9-5-12-25-13-11-22/h3-4,6-8,10,16H,5,9,11-13H2,1-2H3,(H,20,23). The first kappa shape index (κ1) is 17.7. The molecule has 7 heteroatoms. The van der Waals surface area contributed by atoms with Crippen molar-refractivity contribution in [1.29, 1.82) is 0 Å². The Morgan fingerprint density at radius 1 is 1.32 bits per heavy atom. The number of amides is 2. The van der Waals surface area contributed by atoms with E-state index in [0.29, 0.717) is 0 Å². The number of carbonyl (C=O) groups excluding carboxylic acids is 1. The minimum absolute atomic E-state index is 0.0543. The van der Waals surface area contributed by atoms with Crippen LogP contribution in [0.15, 0.2) is 36.7 Å². The third kappa shape index (κ3) is 4.10. The lowest BCUT2D eigenvalue weighted by Crippen LogP contribution is -2.43. The monoisotopic (exact) mass is 360 g/mol. The number of aryl methyl sites for hydroxylation is 1. The summed E-state index contributed by atoms with van der Waals surface area (Å²) in [6.07, 6.45) is 4.65. The molecule has 0 aliphatic carbocycles. The van der Waals surface area contributed by atoms with E-state index in [1.54, 1.807) is 13.3 Å². The molecule has 1 fully saturated rings. The third-order valence-corrected chi connectivity index (χ3v) is 5.39. The van der Waals surface area contributed by atoms with Crippen LogP contribution in [0.4, 0.5) is 4.79 Å². The fourth-order valence-electron chi connectivity index (χ4n) is 3.01. The highest BCUT2D eigenvalue weighted by molar-refractivity contribution is 7.99. The van der Waals surface area contributed by atoms with E-state index in [2.05, 4.69) is 10.3 Å². The van der Waals surface area contributed by atoms with E-state index < -0.39 is 0 Å². The van der Waals surface area contributed by atoms with Gasteiger partial charge in [0.2, 0.25) is 0 Å². The Bertz CT molecular complexity index is 711. The van der Waals surface area contributed by atoms with Crippen LogP contribution in [-0.2, 0) is 7.05 Å². The van der Waals surface area contributed by atoms with Crippen LogP contribution in [0.2, 0.25) is 0 Å².